The summed E-state index contributed by atoms with van der Waals surface area (Å²) in [7, 11) is 0. The molecule has 0 aliphatic rings. The molecular formula is C14H19BrO3. The Morgan fingerprint density at radius 2 is 2.11 bits per heavy atom. The highest BCUT2D eigenvalue weighted by Crippen LogP contribution is 2.26. The molecule has 0 spiro atoms. The van der Waals surface area contributed by atoms with Crippen LogP contribution in [0.25, 0.3) is 0 Å². The highest BCUT2D eigenvalue weighted by atomic mass is 79.9. The maximum absolute atomic E-state index is 11.5. The lowest BCUT2D eigenvalue weighted by molar-refractivity contribution is 0.0526. The Kier molecular flexibility index (Phi) is 6.19. The van der Waals surface area contributed by atoms with Gasteiger partial charge in [0.2, 0.25) is 0 Å². The van der Waals surface area contributed by atoms with Crippen LogP contribution >= 0.6 is 15.9 Å². The number of esters is 1. The zero-order chi connectivity index (χ0) is 13.5. The van der Waals surface area contributed by atoms with Gasteiger partial charge in [-0.15, -0.1) is 0 Å². The molecular weight excluding hydrogens is 296 g/mol. The van der Waals surface area contributed by atoms with Gasteiger partial charge in [0.05, 0.1) is 23.2 Å². The van der Waals surface area contributed by atoms with E-state index in [-0.39, 0.29) is 5.97 Å². The number of carbonyl (C=O) groups is 1. The average molecular weight is 315 g/mol. The van der Waals surface area contributed by atoms with Crippen molar-refractivity contribution < 1.29 is 14.3 Å². The van der Waals surface area contributed by atoms with E-state index in [9.17, 15) is 4.79 Å². The Morgan fingerprint density at radius 3 is 2.67 bits per heavy atom. The van der Waals surface area contributed by atoms with Gasteiger partial charge in [-0.3, -0.25) is 0 Å². The fraction of sp³-hybridized carbons (Fsp3) is 0.500. The van der Waals surface area contributed by atoms with E-state index >= 15 is 0 Å². The Labute approximate surface area is 117 Å². The van der Waals surface area contributed by atoms with Crippen molar-refractivity contribution in [3.05, 3.63) is 28.2 Å². The maximum atomic E-state index is 11.5. The molecule has 1 rings (SSSR count). The van der Waals surface area contributed by atoms with Crippen LogP contribution < -0.4 is 4.74 Å². The summed E-state index contributed by atoms with van der Waals surface area (Å²) in [6, 6.07) is 5.23. The van der Waals surface area contributed by atoms with Crippen LogP contribution in [-0.2, 0) is 4.74 Å². The second-order valence-electron chi connectivity index (χ2n) is 4.40. The zero-order valence-corrected chi connectivity index (χ0v) is 12.6. The number of rotatable bonds is 6. The Balaban J connectivity index is 2.65. The minimum atomic E-state index is -0.313. The third-order valence-corrected chi connectivity index (χ3v) is 3.02. The predicted molar refractivity (Wildman–Crippen MR) is 75.0 cm³/mol. The molecule has 0 amide bonds. The van der Waals surface area contributed by atoms with Gasteiger partial charge in [-0.25, -0.2) is 4.79 Å². The number of carbonyl (C=O) groups excluding carboxylic acids is 1. The van der Waals surface area contributed by atoms with E-state index < -0.39 is 0 Å². The quantitative estimate of drug-likeness (QED) is 0.743. The van der Waals surface area contributed by atoms with Crippen LogP contribution in [-0.4, -0.2) is 19.2 Å². The van der Waals surface area contributed by atoms with Crippen LogP contribution in [0.5, 0.6) is 5.75 Å². The average Bonchev–Trinajstić information content (AvgIpc) is 2.31. The molecule has 4 heteroatoms. The van der Waals surface area contributed by atoms with Crippen molar-refractivity contribution in [1.82, 2.24) is 0 Å². The van der Waals surface area contributed by atoms with Crippen molar-refractivity contribution in [1.29, 1.82) is 0 Å². The van der Waals surface area contributed by atoms with Crippen LogP contribution in [0.15, 0.2) is 22.7 Å². The molecule has 0 unspecified atom stereocenters. The number of ether oxygens (including phenoxy) is 2. The molecule has 0 fully saturated rings. The minimum Gasteiger partial charge on any atom is -0.492 e. The first-order valence-corrected chi connectivity index (χ1v) is 6.93. The SMILES string of the molecule is CCOC(=O)c1ccc(OCCC(C)C)c(Br)c1. The molecule has 0 bridgehead atoms. The molecule has 0 saturated carbocycles. The van der Waals surface area contributed by atoms with Gasteiger partial charge in [-0.2, -0.15) is 0 Å². The first-order valence-electron chi connectivity index (χ1n) is 6.14. The maximum Gasteiger partial charge on any atom is 0.338 e. The van der Waals surface area contributed by atoms with Gasteiger partial charge < -0.3 is 9.47 Å². The fourth-order valence-electron chi connectivity index (χ4n) is 1.36. The Bertz CT molecular complexity index is 402. The van der Waals surface area contributed by atoms with Gasteiger partial charge in [0.15, 0.2) is 0 Å². The van der Waals surface area contributed by atoms with Crippen LogP contribution in [0, 0.1) is 5.92 Å². The fourth-order valence-corrected chi connectivity index (χ4v) is 1.86. The van der Waals surface area contributed by atoms with E-state index in [0.717, 1.165) is 16.6 Å². The summed E-state index contributed by atoms with van der Waals surface area (Å²) in [5, 5.41) is 0. The molecule has 3 nitrogen and oxygen atoms in total. The molecule has 0 aliphatic carbocycles. The molecule has 0 heterocycles. The smallest absolute Gasteiger partial charge is 0.338 e. The zero-order valence-electron chi connectivity index (χ0n) is 11.0. The highest BCUT2D eigenvalue weighted by molar-refractivity contribution is 9.10. The molecule has 0 aliphatic heterocycles. The summed E-state index contributed by atoms with van der Waals surface area (Å²) in [4.78, 5) is 11.5. The van der Waals surface area contributed by atoms with E-state index in [2.05, 4.69) is 29.8 Å². The monoisotopic (exact) mass is 314 g/mol. The van der Waals surface area contributed by atoms with Crippen molar-refractivity contribution in [3.8, 4) is 5.75 Å². The Morgan fingerprint density at radius 1 is 1.39 bits per heavy atom. The molecule has 1 aromatic rings. The van der Waals surface area contributed by atoms with Crippen molar-refractivity contribution in [3.63, 3.8) is 0 Å². The molecule has 0 radical (unpaired) electrons. The summed E-state index contributed by atoms with van der Waals surface area (Å²) in [6.07, 6.45) is 1.01. The first kappa shape index (κ1) is 15.0. The van der Waals surface area contributed by atoms with Gasteiger partial charge in [0.1, 0.15) is 5.75 Å². The summed E-state index contributed by atoms with van der Waals surface area (Å²) in [5.74, 6) is 1.05. The van der Waals surface area contributed by atoms with Crippen LogP contribution in [0.1, 0.15) is 37.6 Å². The molecule has 0 N–H and O–H groups in total. The lowest BCUT2D eigenvalue weighted by atomic mass is 10.1. The first-order chi connectivity index (χ1) is 8.54. The lowest BCUT2D eigenvalue weighted by Crippen LogP contribution is -2.05. The van der Waals surface area contributed by atoms with Crippen LogP contribution in [0.3, 0.4) is 0 Å². The number of hydrogen-bond donors (Lipinski definition) is 0. The topological polar surface area (TPSA) is 35.5 Å². The summed E-state index contributed by atoms with van der Waals surface area (Å²) < 4.78 is 11.4. The largest absolute Gasteiger partial charge is 0.492 e. The van der Waals surface area contributed by atoms with Crippen molar-refractivity contribution >= 4 is 21.9 Å². The van der Waals surface area contributed by atoms with Crippen molar-refractivity contribution in [2.45, 2.75) is 27.2 Å². The number of benzene rings is 1. The van der Waals surface area contributed by atoms with E-state index in [1.165, 1.54) is 0 Å². The normalized spacial score (nSPS) is 10.5. The van der Waals surface area contributed by atoms with Gasteiger partial charge in [0, 0.05) is 0 Å². The summed E-state index contributed by atoms with van der Waals surface area (Å²) >= 11 is 3.40. The van der Waals surface area contributed by atoms with E-state index in [1.54, 1.807) is 25.1 Å². The van der Waals surface area contributed by atoms with Gasteiger partial charge >= 0.3 is 5.97 Å². The molecule has 0 atom stereocenters. The molecule has 0 saturated heterocycles. The van der Waals surface area contributed by atoms with Gasteiger partial charge in [-0.1, -0.05) is 13.8 Å². The van der Waals surface area contributed by atoms with E-state index in [0.29, 0.717) is 24.7 Å². The third-order valence-electron chi connectivity index (χ3n) is 2.40. The third kappa shape index (κ3) is 4.69. The number of hydrogen-bond acceptors (Lipinski definition) is 3. The Hall–Kier alpha value is -1.03. The summed E-state index contributed by atoms with van der Waals surface area (Å²) in [6.45, 7) is 7.15. The van der Waals surface area contributed by atoms with Gasteiger partial charge in [0.25, 0.3) is 0 Å². The van der Waals surface area contributed by atoms with E-state index in [4.69, 9.17) is 9.47 Å². The molecule has 18 heavy (non-hydrogen) atoms. The van der Waals surface area contributed by atoms with Crippen molar-refractivity contribution in [2.75, 3.05) is 13.2 Å². The second-order valence-corrected chi connectivity index (χ2v) is 5.25. The van der Waals surface area contributed by atoms with Crippen LogP contribution in [0.4, 0.5) is 0 Å². The number of halogens is 1. The van der Waals surface area contributed by atoms with Crippen LogP contribution in [0.2, 0.25) is 0 Å². The molecule has 0 aromatic heterocycles. The highest BCUT2D eigenvalue weighted by Gasteiger charge is 2.09. The minimum absolute atomic E-state index is 0.313. The van der Waals surface area contributed by atoms with Gasteiger partial charge in [-0.05, 0) is 53.4 Å². The second kappa shape index (κ2) is 7.41. The molecule has 100 valence electrons. The molecule has 1 aromatic carbocycles. The standard InChI is InChI=1S/C14H19BrO3/c1-4-17-14(16)11-5-6-13(12(15)9-11)18-8-7-10(2)3/h5-6,9-10H,4,7-8H2,1-3H3. The predicted octanol–water partition coefficient (Wildman–Crippen LogP) is 4.05. The van der Waals surface area contributed by atoms with E-state index in [1.807, 2.05) is 0 Å². The summed E-state index contributed by atoms with van der Waals surface area (Å²) in [5.41, 5.74) is 0.528. The van der Waals surface area contributed by atoms with Crippen molar-refractivity contribution in [2.24, 2.45) is 5.92 Å². The lowest BCUT2D eigenvalue weighted by Gasteiger charge is -2.10.